The number of anilines is 2. The van der Waals surface area contributed by atoms with Crippen molar-refractivity contribution in [1.82, 2.24) is 9.97 Å². The Morgan fingerprint density at radius 1 is 1.11 bits per heavy atom. The summed E-state index contributed by atoms with van der Waals surface area (Å²) in [4.78, 5) is 8.99. The normalized spacial score (nSPS) is 33.9. The van der Waals surface area contributed by atoms with Crippen molar-refractivity contribution in [3.8, 4) is 0 Å². The second-order valence-electron chi connectivity index (χ2n) is 6.24. The van der Waals surface area contributed by atoms with Crippen molar-refractivity contribution < 1.29 is 0 Å². The lowest BCUT2D eigenvalue weighted by Crippen LogP contribution is -2.26. The molecule has 0 aliphatic heterocycles. The number of fused-ring (bicyclic) bond motifs is 2. The topological polar surface area (TPSA) is 63.8 Å². The number of hydrogen-bond acceptors (Lipinski definition) is 4. The number of nitrogens with two attached hydrogens (primary N) is 1. The van der Waals surface area contributed by atoms with Gasteiger partial charge in [-0.15, -0.1) is 0 Å². The van der Waals surface area contributed by atoms with Crippen LogP contribution in [0.25, 0.3) is 0 Å². The Hall–Kier alpha value is -1.32. The van der Waals surface area contributed by atoms with E-state index in [2.05, 4.69) is 15.3 Å². The highest BCUT2D eigenvalue weighted by Crippen LogP contribution is 2.45. The van der Waals surface area contributed by atoms with Gasteiger partial charge < -0.3 is 11.1 Å². The highest BCUT2D eigenvalue weighted by atomic mass is 15.1. The maximum Gasteiger partial charge on any atom is 0.136 e. The summed E-state index contributed by atoms with van der Waals surface area (Å²) in [6.45, 7) is 0. The van der Waals surface area contributed by atoms with Crippen LogP contribution in [0.15, 0.2) is 6.07 Å². The highest BCUT2D eigenvalue weighted by Gasteiger charge is 2.39. The Balaban J connectivity index is 1.53. The largest absolute Gasteiger partial charge is 0.384 e. The first-order chi connectivity index (χ1) is 8.78. The first kappa shape index (κ1) is 10.6. The molecule has 3 N–H and O–H groups in total. The highest BCUT2D eigenvalue weighted by molar-refractivity contribution is 5.46. The quantitative estimate of drug-likeness (QED) is 0.857. The van der Waals surface area contributed by atoms with E-state index in [1.54, 1.807) is 0 Å². The van der Waals surface area contributed by atoms with E-state index >= 15 is 0 Å². The van der Waals surface area contributed by atoms with Gasteiger partial charge in [-0.2, -0.15) is 0 Å². The summed E-state index contributed by atoms with van der Waals surface area (Å²) in [5.41, 5.74) is 5.88. The van der Waals surface area contributed by atoms with Crippen LogP contribution in [0, 0.1) is 11.8 Å². The van der Waals surface area contributed by atoms with Crippen LogP contribution in [0.3, 0.4) is 0 Å². The third-order valence-electron chi connectivity index (χ3n) is 4.78. The smallest absolute Gasteiger partial charge is 0.136 e. The van der Waals surface area contributed by atoms with Gasteiger partial charge in [-0.25, -0.2) is 9.97 Å². The fraction of sp³-hybridized carbons (Fsp3) is 0.714. The van der Waals surface area contributed by atoms with Gasteiger partial charge in [-0.3, -0.25) is 0 Å². The second kappa shape index (κ2) is 3.84. The summed E-state index contributed by atoms with van der Waals surface area (Å²) < 4.78 is 0. The van der Waals surface area contributed by atoms with Crippen molar-refractivity contribution in [3.63, 3.8) is 0 Å². The molecule has 4 rings (SSSR count). The van der Waals surface area contributed by atoms with Gasteiger partial charge in [0.1, 0.15) is 17.5 Å². The second-order valence-corrected chi connectivity index (χ2v) is 6.24. The zero-order chi connectivity index (χ0) is 12.1. The van der Waals surface area contributed by atoms with Crippen LogP contribution in [0.1, 0.15) is 50.3 Å². The first-order valence-corrected chi connectivity index (χ1v) is 7.19. The average molecular weight is 244 g/mol. The zero-order valence-electron chi connectivity index (χ0n) is 10.6. The van der Waals surface area contributed by atoms with Gasteiger partial charge in [0.25, 0.3) is 0 Å². The number of nitrogen functional groups attached to an aromatic ring is 1. The molecule has 3 unspecified atom stereocenters. The van der Waals surface area contributed by atoms with E-state index in [4.69, 9.17) is 5.73 Å². The van der Waals surface area contributed by atoms with E-state index in [0.717, 1.165) is 23.5 Å². The van der Waals surface area contributed by atoms with E-state index in [1.165, 1.54) is 38.5 Å². The van der Waals surface area contributed by atoms with Gasteiger partial charge in [0.2, 0.25) is 0 Å². The molecule has 2 bridgehead atoms. The van der Waals surface area contributed by atoms with E-state index in [-0.39, 0.29) is 0 Å². The Bertz CT molecular complexity index is 469. The SMILES string of the molecule is Nc1cc(NC2CC3CCC2C3)nc(C2CC2)n1. The maximum absolute atomic E-state index is 5.88. The molecule has 96 valence electrons. The predicted octanol–water partition coefficient (Wildman–Crippen LogP) is 2.54. The lowest BCUT2D eigenvalue weighted by atomic mass is 9.95. The molecule has 1 aromatic heterocycles. The van der Waals surface area contributed by atoms with Crippen molar-refractivity contribution in [3.05, 3.63) is 11.9 Å². The average Bonchev–Trinajstić information content (AvgIpc) is 3.00. The molecule has 1 heterocycles. The Morgan fingerprint density at radius 2 is 2.00 bits per heavy atom. The number of hydrogen-bond donors (Lipinski definition) is 2. The molecule has 18 heavy (non-hydrogen) atoms. The molecule has 0 spiro atoms. The molecule has 1 aromatic rings. The minimum atomic E-state index is 0.564. The van der Waals surface area contributed by atoms with Crippen molar-refractivity contribution in [2.24, 2.45) is 11.8 Å². The zero-order valence-corrected chi connectivity index (χ0v) is 10.6. The third-order valence-corrected chi connectivity index (χ3v) is 4.78. The van der Waals surface area contributed by atoms with Crippen LogP contribution >= 0.6 is 0 Å². The number of rotatable bonds is 3. The molecule has 0 radical (unpaired) electrons. The predicted molar refractivity (Wildman–Crippen MR) is 71.3 cm³/mol. The molecule has 4 heteroatoms. The molecular weight excluding hydrogens is 224 g/mol. The molecule has 3 aliphatic rings. The lowest BCUT2D eigenvalue weighted by molar-refractivity contribution is 0.439. The summed E-state index contributed by atoms with van der Waals surface area (Å²) in [6, 6.07) is 2.50. The van der Waals surface area contributed by atoms with Gasteiger partial charge in [-0.1, -0.05) is 6.42 Å². The first-order valence-electron chi connectivity index (χ1n) is 7.19. The van der Waals surface area contributed by atoms with Gasteiger partial charge >= 0.3 is 0 Å². The van der Waals surface area contributed by atoms with Crippen molar-refractivity contribution in [2.75, 3.05) is 11.1 Å². The van der Waals surface area contributed by atoms with Gasteiger partial charge in [0.15, 0.2) is 0 Å². The van der Waals surface area contributed by atoms with Crippen molar-refractivity contribution in [1.29, 1.82) is 0 Å². The molecule has 0 amide bonds. The Kier molecular flexibility index (Phi) is 2.26. The maximum atomic E-state index is 5.88. The fourth-order valence-electron chi connectivity index (χ4n) is 3.69. The third kappa shape index (κ3) is 1.84. The van der Waals surface area contributed by atoms with E-state index < -0.39 is 0 Å². The molecule has 3 fully saturated rings. The van der Waals surface area contributed by atoms with E-state index in [0.29, 0.717) is 17.8 Å². The monoisotopic (exact) mass is 244 g/mol. The molecule has 4 nitrogen and oxygen atoms in total. The number of nitrogens with zero attached hydrogens (tertiary/aromatic N) is 2. The summed E-state index contributed by atoms with van der Waals surface area (Å²) in [7, 11) is 0. The fourth-order valence-corrected chi connectivity index (χ4v) is 3.69. The number of aromatic nitrogens is 2. The summed E-state index contributed by atoms with van der Waals surface area (Å²) in [6.07, 6.45) is 7.98. The van der Waals surface area contributed by atoms with Gasteiger partial charge in [0.05, 0.1) is 0 Å². The van der Waals surface area contributed by atoms with Gasteiger partial charge in [0, 0.05) is 18.0 Å². The van der Waals surface area contributed by atoms with Gasteiger partial charge in [-0.05, 0) is 43.9 Å². The lowest BCUT2D eigenvalue weighted by Gasteiger charge is -2.23. The standard InChI is InChI=1S/C14H20N4/c15-12-7-13(18-14(17-12)9-3-4-9)16-11-6-8-1-2-10(11)5-8/h7-11H,1-6H2,(H3,15,16,17,18). The van der Waals surface area contributed by atoms with E-state index in [9.17, 15) is 0 Å². The minimum absolute atomic E-state index is 0.564. The van der Waals surface area contributed by atoms with Crippen LogP contribution in [0.4, 0.5) is 11.6 Å². The summed E-state index contributed by atoms with van der Waals surface area (Å²) in [5, 5.41) is 3.61. The Morgan fingerprint density at radius 3 is 2.67 bits per heavy atom. The minimum Gasteiger partial charge on any atom is -0.384 e. The molecular formula is C14H20N4. The molecule has 0 aromatic carbocycles. The Labute approximate surface area is 107 Å². The van der Waals surface area contributed by atoms with Crippen molar-refractivity contribution >= 4 is 11.6 Å². The molecule has 3 atom stereocenters. The van der Waals surface area contributed by atoms with Crippen molar-refractivity contribution in [2.45, 2.75) is 50.5 Å². The molecule has 3 aliphatic carbocycles. The van der Waals surface area contributed by atoms with E-state index in [1.807, 2.05) is 6.07 Å². The van der Waals surface area contributed by atoms with Crippen LogP contribution < -0.4 is 11.1 Å². The van der Waals surface area contributed by atoms with Crippen LogP contribution in [0.5, 0.6) is 0 Å². The number of nitrogens with one attached hydrogen (secondary N) is 1. The van der Waals surface area contributed by atoms with Crippen LogP contribution in [0.2, 0.25) is 0 Å². The molecule has 0 saturated heterocycles. The van der Waals surface area contributed by atoms with Crippen LogP contribution in [-0.4, -0.2) is 16.0 Å². The summed E-state index contributed by atoms with van der Waals surface area (Å²) >= 11 is 0. The van der Waals surface area contributed by atoms with Crippen LogP contribution in [-0.2, 0) is 0 Å². The summed E-state index contributed by atoms with van der Waals surface area (Å²) in [5.74, 6) is 4.87. The molecule has 3 saturated carbocycles.